The van der Waals surface area contributed by atoms with E-state index in [-0.39, 0.29) is 24.6 Å². The molecule has 0 saturated heterocycles. The lowest BCUT2D eigenvalue weighted by Crippen LogP contribution is -2.31. The molecule has 0 saturated carbocycles. The van der Waals surface area contributed by atoms with E-state index in [1.54, 1.807) is 36.7 Å². The van der Waals surface area contributed by atoms with Crippen molar-refractivity contribution in [3.8, 4) is 0 Å². The lowest BCUT2D eigenvalue weighted by Gasteiger charge is -2.22. The van der Waals surface area contributed by atoms with Gasteiger partial charge < -0.3 is 10.6 Å². The summed E-state index contributed by atoms with van der Waals surface area (Å²) in [6.45, 7) is 2.09. The summed E-state index contributed by atoms with van der Waals surface area (Å²) < 4.78 is 25.7. The van der Waals surface area contributed by atoms with E-state index < -0.39 is 6.43 Å². The first-order chi connectivity index (χ1) is 15.4. The minimum absolute atomic E-state index is 0.109. The van der Waals surface area contributed by atoms with E-state index >= 15 is 0 Å². The Labute approximate surface area is 183 Å². The first-order valence-corrected chi connectivity index (χ1v) is 9.86. The number of nitrogens with two attached hydrogens (primary N) is 1. The molecule has 32 heavy (non-hydrogen) atoms. The maximum absolute atomic E-state index is 13.4. The molecule has 0 aliphatic carbocycles. The van der Waals surface area contributed by atoms with Crippen molar-refractivity contribution in [2.75, 3.05) is 5.73 Å². The summed E-state index contributed by atoms with van der Waals surface area (Å²) in [7, 11) is 0. The quantitative estimate of drug-likeness (QED) is 0.491. The van der Waals surface area contributed by atoms with E-state index in [1.807, 2.05) is 13.0 Å². The van der Waals surface area contributed by atoms with Crippen LogP contribution in [0.3, 0.4) is 0 Å². The SMILES string of the molecule is Cc1cc2cc(C(=O)N(Cc3ccc(C(F)F)cn3)Cc3ncccn3)ccc2nc1N. The van der Waals surface area contributed by atoms with Crippen molar-refractivity contribution < 1.29 is 13.6 Å². The van der Waals surface area contributed by atoms with Crippen LogP contribution in [0, 0.1) is 6.92 Å². The number of hydrogen-bond acceptors (Lipinski definition) is 6. The predicted molar refractivity (Wildman–Crippen MR) is 116 cm³/mol. The van der Waals surface area contributed by atoms with Crippen LogP contribution in [0.15, 0.2) is 61.1 Å². The van der Waals surface area contributed by atoms with Gasteiger partial charge in [-0.2, -0.15) is 0 Å². The van der Waals surface area contributed by atoms with Gasteiger partial charge in [0, 0.05) is 35.1 Å². The van der Waals surface area contributed by atoms with Crippen molar-refractivity contribution in [2.24, 2.45) is 0 Å². The van der Waals surface area contributed by atoms with E-state index in [1.165, 1.54) is 17.0 Å². The van der Waals surface area contributed by atoms with Gasteiger partial charge in [0.05, 0.1) is 24.3 Å². The van der Waals surface area contributed by atoms with Crippen molar-refractivity contribution in [3.05, 3.63) is 89.3 Å². The average molecular weight is 434 g/mol. The van der Waals surface area contributed by atoms with E-state index in [0.717, 1.165) is 17.1 Å². The third-order valence-electron chi connectivity index (χ3n) is 4.98. The summed E-state index contributed by atoms with van der Waals surface area (Å²) in [6, 6.07) is 11.5. The second-order valence-electron chi connectivity index (χ2n) is 7.31. The largest absolute Gasteiger partial charge is 0.383 e. The van der Waals surface area contributed by atoms with Crippen LogP contribution in [-0.4, -0.2) is 30.7 Å². The first-order valence-electron chi connectivity index (χ1n) is 9.86. The van der Waals surface area contributed by atoms with Crippen LogP contribution in [-0.2, 0) is 13.1 Å². The molecule has 0 unspecified atom stereocenters. The fraction of sp³-hybridized carbons (Fsp3) is 0.174. The molecule has 9 heteroatoms. The minimum Gasteiger partial charge on any atom is -0.383 e. The Hall–Kier alpha value is -4.01. The van der Waals surface area contributed by atoms with E-state index in [4.69, 9.17) is 5.73 Å². The van der Waals surface area contributed by atoms with Gasteiger partial charge in [0.2, 0.25) is 0 Å². The molecule has 0 atom stereocenters. The van der Waals surface area contributed by atoms with E-state index in [2.05, 4.69) is 19.9 Å². The van der Waals surface area contributed by atoms with Crippen molar-refractivity contribution in [3.63, 3.8) is 0 Å². The molecule has 0 fully saturated rings. The van der Waals surface area contributed by atoms with Crippen LogP contribution in [0.4, 0.5) is 14.6 Å². The third kappa shape index (κ3) is 4.66. The van der Waals surface area contributed by atoms with Gasteiger partial charge in [0.15, 0.2) is 0 Å². The molecule has 4 aromatic rings. The zero-order valence-electron chi connectivity index (χ0n) is 17.2. The molecule has 162 valence electrons. The van der Waals surface area contributed by atoms with Crippen LogP contribution in [0.2, 0.25) is 0 Å². The molecule has 0 bridgehead atoms. The van der Waals surface area contributed by atoms with Gasteiger partial charge in [-0.25, -0.2) is 23.7 Å². The number of halogens is 2. The molecule has 3 heterocycles. The molecule has 3 aromatic heterocycles. The highest BCUT2D eigenvalue weighted by Gasteiger charge is 2.19. The topological polar surface area (TPSA) is 97.9 Å². The molecular weight excluding hydrogens is 414 g/mol. The smallest absolute Gasteiger partial charge is 0.265 e. The summed E-state index contributed by atoms with van der Waals surface area (Å²) >= 11 is 0. The fourth-order valence-corrected chi connectivity index (χ4v) is 3.25. The molecule has 7 nitrogen and oxygen atoms in total. The molecule has 0 spiro atoms. The summed E-state index contributed by atoms with van der Waals surface area (Å²) in [6.07, 6.45) is 1.71. The van der Waals surface area contributed by atoms with E-state index in [0.29, 0.717) is 28.4 Å². The highest BCUT2D eigenvalue weighted by atomic mass is 19.3. The van der Waals surface area contributed by atoms with Gasteiger partial charge in [-0.15, -0.1) is 0 Å². The molecular formula is C23H20F2N6O. The molecule has 0 aliphatic rings. The van der Waals surface area contributed by atoms with Gasteiger partial charge in [-0.3, -0.25) is 9.78 Å². The number of carbonyl (C=O) groups excluding carboxylic acids is 1. The third-order valence-corrected chi connectivity index (χ3v) is 4.98. The lowest BCUT2D eigenvalue weighted by atomic mass is 10.1. The van der Waals surface area contributed by atoms with Crippen molar-refractivity contribution in [2.45, 2.75) is 26.4 Å². The first kappa shape index (κ1) is 21.2. The van der Waals surface area contributed by atoms with Gasteiger partial charge >= 0.3 is 0 Å². The molecule has 1 aromatic carbocycles. The standard InChI is InChI=1S/C23H20F2N6O/c1-14-9-17-10-15(4-6-19(17)30-22(14)26)23(32)31(13-20-27-7-2-8-28-20)12-18-5-3-16(11-29-18)21(24)25/h2-11,21H,12-13H2,1H3,(H2,26,30). The molecule has 4 rings (SSSR count). The Balaban J connectivity index is 1.66. The normalized spacial score (nSPS) is 11.1. The number of benzene rings is 1. The Morgan fingerprint density at radius 2 is 1.84 bits per heavy atom. The maximum atomic E-state index is 13.4. The zero-order chi connectivity index (χ0) is 22.7. The Morgan fingerprint density at radius 3 is 2.53 bits per heavy atom. The number of fused-ring (bicyclic) bond motifs is 1. The van der Waals surface area contributed by atoms with Crippen LogP contribution in [0.1, 0.15) is 39.4 Å². The molecule has 1 amide bonds. The Morgan fingerprint density at radius 1 is 1.06 bits per heavy atom. The Kier molecular flexibility index (Phi) is 5.98. The van der Waals surface area contributed by atoms with Gasteiger partial charge in [-0.1, -0.05) is 0 Å². The molecule has 0 aliphatic heterocycles. The van der Waals surface area contributed by atoms with Crippen LogP contribution in [0.5, 0.6) is 0 Å². The predicted octanol–water partition coefficient (Wildman–Crippen LogP) is 4.09. The Bertz CT molecular complexity index is 1250. The summed E-state index contributed by atoms with van der Waals surface area (Å²) in [5.74, 6) is 0.627. The van der Waals surface area contributed by atoms with Crippen molar-refractivity contribution >= 4 is 22.6 Å². The van der Waals surface area contributed by atoms with Gasteiger partial charge in [0.1, 0.15) is 11.6 Å². The lowest BCUT2D eigenvalue weighted by molar-refractivity contribution is 0.0723. The van der Waals surface area contributed by atoms with Crippen molar-refractivity contribution in [1.29, 1.82) is 0 Å². The van der Waals surface area contributed by atoms with Gasteiger partial charge in [-0.05, 0) is 55.0 Å². The second-order valence-corrected chi connectivity index (χ2v) is 7.31. The van der Waals surface area contributed by atoms with Crippen LogP contribution < -0.4 is 5.73 Å². The van der Waals surface area contributed by atoms with Gasteiger partial charge in [0.25, 0.3) is 12.3 Å². The number of nitrogen functional groups attached to an aromatic ring is 1. The second kappa shape index (κ2) is 9.01. The number of pyridine rings is 2. The number of nitrogens with zero attached hydrogens (tertiary/aromatic N) is 5. The number of aromatic nitrogens is 4. The summed E-state index contributed by atoms with van der Waals surface area (Å²) in [4.78, 5) is 31.8. The summed E-state index contributed by atoms with van der Waals surface area (Å²) in [5.41, 5.74) is 8.14. The fourth-order valence-electron chi connectivity index (χ4n) is 3.25. The molecule has 0 radical (unpaired) electrons. The number of carbonyl (C=O) groups is 1. The zero-order valence-corrected chi connectivity index (χ0v) is 17.2. The number of hydrogen-bond donors (Lipinski definition) is 1. The number of rotatable bonds is 6. The molecule has 2 N–H and O–H groups in total. The number of aryl methyl sites for hydroxylation is 1. The monoisotopic (exact) mass is 434 g/mol. The highest BCUT2D eigenvalue weighted by Crippen LogP contribution is 2.22. The van der Waals surface area contributed by atoms with E-state index in [9.17, 15) is 13.6 Å². The van der Waals surface area contributed by atoms with Crippen LogP contribution in [0.25, 0.3) is 10.9 Å². The average Bonchev–Trinajstić information content (AvgIpc) is 2.79. The summed E-state index contributed by atoms with van der Waals surface area (Å²) in [5, 5.41) is 0.790. The van der Waals surface area contributed by atoms with Crippen LogP contribution >= 0.6 is 0 Å². The number of alkyl halides is 2. The van der Waals surface area contributed by atoms with Crippen molar-refractivity contribution in [1.82, 2.24) is 24.8 Å². The maximum Gasteiger partial charge on any atom is 0.265 e. The number of amides is 1. The number of anilines is 1. The minimum atomic E-state index is -2.60. The highest BCUT2D eigenvalue weighted by molar-refractivity contribution is 5.98.